The Kier molecular flexibility index (Phi) is 5.14. The van der Waals surface area contributed by atoms with Crippen LogP contribution in [0.15, 0.2) is 24.3 Å². The van der Waals surface area contributed by atoms with Crippen molar-refractivity contribution in [3.05, 3.63) is 45.4 Å². The Morgan fingerprint density at radius 3 is 3.00 bits per heavy atom. The van der Waals surface area contributed by atoms with Crippen molar-refractivity contribution in [3.63, 3.8) is 0 Å². The predicted octanol–water partition coefficient (Wildman–Crippen LogP) is 4.17. The zero-order chi connectivity index (χ0) is 19.8. The summed E-state index contributed by atoms with van der Waals surface area (Å²) in [7, 11) is 1.54. The molecule has 3 N–H and O–H groups in total. The van der Waals surface area contributed by atoms with Gasteiger partial charge >= 0.3 is 0 Å². The number of nitrogens with two attached hydrogens (primary N) is 1. The number of ether oxygens (including phenoxy) is 1. The van der Waals surface area contributed by atoms with Gasteiger partial charge in [-0.1, -0.05) is 18.5 Å². The molecule has 4 rings (SSSR count). The smallest absolute Gasteiger partial charge is 0.268 e. The maximum absolute atomic E-state index is 12.9. The number of halogens is 1. The molecule has 0 fully saturated rings. The molecule has 1 aliphatic rings. The number of nitrogen functional groups attached to an aromatic ring is 1. The molecule has 3 heterocycles. The number of hydrogen-bond acceptors (Lipinski definition) is 6. The molecule has 0 radical (unpaired) electrons. The van der Waals surface area contributed by atoms with Crippen molar-refractivity contribution >= 4 is 50.4 Å². The van der Waals surface area contributed by atoms with Crippen LogP contribution in [-0.4, -0.2) is 36.0 Å². The number of rotatable bonds is 4. The van der Waals surface area contributed by atoms with Crippen LogP contribution in [0.5, 0.6) is 5.75 Å². The number of anilines is 2. The quantitative estimate of drug-likeness (QED) is 0.667. The number of thiophene rings is 1. The van der Waals surface area contributed by atoms with Crippen LogP contribution >= 0.6 is 22.9 Å². The third-order valence-electron chi connectivity index (χ3n) is 5.01. The zero-order valence-electron chi connectivity index (χ0n) is 15.7. The van der Waals surface area contributed by atoms with Gasteiger partial charge in [0.2, 0.25) is 0 Å². The summed E-state index contributed by atoms with van der Waals surface area (Å²) in [6.45, 7) is 5.03. The van der Waals surface area contributed by atoms with Crippen molar-refractivity contribution in [1.29, 1.82) is 0 Å². The van der Waals surface area contributed by atoms with E-state index in [0.717, 1.165) is 42.0 Å². The van der Waals surface area contributed by atoms with Crippen LogP contribution in [0.1, 0.15) is 27.9 Å². The minimum atomic E-state index is -0.297. The van der Waals surface area contributed by atoms with Gasteiger partial charge in [0.15, 0.2) is 0 Å². The SMILES string of the molecule is CCN1CCc2nc3sc(C(=O)Nc4cc(Cl)ccc4OC)c(N)c3cc2C1. The highest BCUT2D eigenvalue weighted by Gasteiger charge is 2.22. The molecule has 0 unspecified atom stereocenters. The monoisotopic (exact) mass is 416 g/mol. The Morgan fingerprint density at radius 1 is 1.43 bits per heavy atom. The number of likely N-dealkylation sites (N-methyl/N-ethyl adjacent to an activating group) is 1. The van der Waals surface area contributed by atoms with Crippen molar-refractivity contribution in [3.8, 4) is 5.75 Å². The second-order valence-electron chi connectivity index (χ2n) is 6.71. The van der Waals surface area contributed by atoms with Crippen molar-refractivity contribution in [2.75, 3.05) is 31.2 Å². The Balaban J connectivity index is 1.68. The van der Waals surface area contributed by atoms with E-state index in [1.807, 2.05) is 0 Å². The summed E-state index contributed by atoms with van der Waals surface area (Å²) < 4.78 is 5.30. The molecule has 0 saturated heterocycles. The van der Waals surface area contributed by atoms with Gasteiger partial charge in [-0.15, -0.1) is 11.3 Å². The van der Waals surface area contributed by atoms with E-state index in [1.54, 1.807) is 25.3 Å². The van der Waals surface area contributed by atoms with Crippen LogP contribution in [-0.2, 0) is 13.0 Å². The lowest BCUT2D eigenvalue weighted by atomic mass is 10.0. The molecule has 28 heavy (non-hydrogen) atoms. The van der Waals surface area contributed by atoms with E-state index in [-0.39, 0.29) is 5.91 Å². The minimum Gasteiger partial charge on any atom is -0.495 e. The molecule has 1 aliphatic heterocycles. The average molecular weight is 417 g/mol. The number of methoxy groups -OCH3 is 1. The molecule has 0 saturated carbocycles. The molecule has 146 valence electrons. The van der Waals surface area contributed by atoms with E-state index in [9.17, 15) is 4.79 Å². The highest BCUT2D eigenvalue weighted by atomic mass is 35.5. The number of nitrogens with one attached hydrogen (secondary N) is 1. The number of carbonyl (C=O) groups excluding carboxylic acids is 1. The number of hydrogen-bond donors (Lipinski definition) is 2. The van der Waals surface area contributed by atoms with Crippen LogP contribution < -0.4 is 15.8 Å². The number of fused-ring (bicyclic) bond motifs is 2. The lowest BCUT2D eigenvalue weighted by Crippen LogP contribution is -2.30. The Hall–Kier alpha value is -2.35. The average Bonchev–Trinajstić information content (AvgIpc) is 3.02. The van der Waals surface area contributed by atoms with Gasteiger partial charge in [-0.05, 0) is 36.4 Å². The van der Waals surface area contributed by atoms with Gasteiger partial charge in [-0.3, -0.25) is 9.69 Å². The van der Waals surface area contributed by atoms with Gasteiger partial charge in [0, 0.05) is 35.6 Å². The van der Waals surface area contributed by atoms with E-state index in [2.05, 4.69) is 23.2 Å². The minimum absolute atomic E-state index is 0.297. The van der Waals surface area contributed by atoms with Crippen LogP contribution in [0, 0.1) is 0 Å². The third kappa shape index (κ3) is 3.41. The maximum Gasteiger partial charge on any atom is 0.268 e. The standard InChI is InChI=1S/C20H21ClN4O2S/c1-3-25-7-6-14-11(10-25)8-13-17(22)18(28-20(13)24-14)19(26)23-15-9-12(21)4-5-16(15)27-2/h4-5,8-9H,3,6-7,10,22H2,1-2H3,(H,23,26). The molecule has 1 aromatic carbocycles. The normalized spacial score (nSPS) is 14.1. The van der Waals surface area contributed by atoms with E-state index < -0.39 is 0 Å². The first-order valence-electron chi connectivity index (χ1n) is 9.08. The molecular formula is C20H21ClN4O2S. The molecule has 3 aromatic rings. The molecule has 0 spiro atoms. The van der Waals surface area contributed by atoms with Crippen molar-refractivity contribution in [2.45, 2.75) is 19.9 Å². The largest absolute Gasteiger partial charge is 0.495 e. The predicted molar refractivity (Wildman–Crippen MR) is 115 cm³/mol. The molecular weight excluding hydrogens is 396 g/mol. The molecule has 8 heteroatoms. The summed E-state index contributed by atoms with van der Waals surface area (Å²) in [5.74, 6) is 0.236. The summed E-state index contributed by atoms with van der Waals surface area (Å²) >= 11 is 7.36. The highest BCUT2D eigenvalue weighted by molar-refractivity contribution is 7.21. The van der Waals surface area contributed by atoms with Gasteiger partial charge in [0.25, 0.3) is 5.91 Å². The first-order chi connectivity index (χ1) is 13.5. The third-order valence-corrected chi connectivity index (χ3v) is 6.36. The molecule has 0 aliphatic carbocycles. The lowest BCUT2D eigenvalue weighted by molar-refractivity contribution is 0.103. The fraction of sp³-hybridized carbons (Fsp3) is 0.300. The number of nitrogens with zero attached hydrogens (tertiary/aromatic N) is 2. The van der Waals surface area contributed by atoms with E-state index >= 15 is 0 Å². The number of pyridine rings is 1. The Morgan fingerprint density at radius 2 is 2.25 bits per heavy atom. The number of amides is 1. The Labute approximate surface area is 172 Å². The van der Waals surface area contributed by atoms with E-state index in [0.29, 0.717) is 27.0 Å². The summed E-state index contributed by atoms with van der Waals surface area (Å²) in [6, 6.07) is 7.15. The van der Waals surface area contributed by atoms with E-state index in [4.69, 9.17) is 27.1 Å². The van der Waals surface area contributed by atoms with Gasteiger partial charge in [0.05, 0.1) is 18.5 Å². The van der Waals surface area contributed by atoms with Crippen molar-refractivity contribution < 1.29 is 9.53 Å². The van der Waals surface area contributed by atoms with Crippen LogP contribution in [0.3, 0.4) is 0 Å². The van der Waals surface area contributed by atoms with Crippen molar-refractivity contribution in [1.82, 2.24) is 9.88 Å². The Bertz CT molecular complexity index is 1070. The zero-order valence-corrected chi connectivity index (χ0v) is 17.3. The van der Waals surface area contributed by atoms with Gasteiger partial charge < -0.3 is 15.8 Å². The van der Waals surface area contributed by atoms with Crippen LogP contribution in [0.4, 0.5) is 11.4 Å². The topological polar surface area (TPSA) is 80.5 Å². The fourth-order valence-corrected chi connectivity index (χ4v) is 4.62. The number of benzene rings is 1. The summed E-state index contributed by atoms with van der Waals surface area (Å²) in [6.07, 6.45) is 0.915. The molecule has 1 amide bonds. The van der Waals surface area contributed by atoms with Crippen LogP contribution in [0.2, 0.25) is 5.02 Å². The lowest BCUT2D eigenvalue weighted by Gasteiger charge is -2.26. The summed E-state index contributed by atoms with van der Waals surface area (Å²) in [5.41, 5.74) is 9.58. The van der Waals surface area contributed by atoms with Gasteiger partial charge in [-0.2, -0.15) is 0 Å². The van der Waals surface area contributed by atoms with Crippen molar-refractivity contribution in [2.24, 2.45) is 0 Å². The first-order valence-corrected chi connectivity index (χ1v) is 10.3. The fourth-order valence-electron chi connectivity index (χ4n) is 3.45. The highest BCUT2D eigenvalue weighted by Crippen LogP contribution is 2.36. The van der Waals surface area contributed by atoms with Gasteiger partial charge in [0.1, 0.15) is 15.5 Å². The maximum atomic E-state index is 12.9. The summed E-state index contributed by atoms with van der Waals surface area (Å²) in [5, 5.41) is 4.20. The van der Waals surface area contributed by atoms with E-state index in [1.165, 1.54) is 16.9 Å². The second kappa shape index (κ2) is 7.58. The first kappa shape index (κ1) is 19.0. The molecule has 0 atom stereocenters. The van der Waals surface area contributed by atoms with Crippen LogP contribution in [0.25, 0.3) is 10.2 Å². The molecule has 0 bridgehead atoms. The number of aromatic nitrogens is 1. The number of carbonyl (C=O) groups is 1. The summed E-state index contributed by atoms with van der Waals surface area (Å²) in [4.78, 5) is 21.3. The second-order valence-corrected chi connectivity index (χ2v) is 8.14. The molecule has 6 nitrogen and oxygen atoms in total. The molecule has 2 aromatic heterocycles. The van der Waals surface area contributed by atoms with Gasteiger partial charge in [-0.25, -0.2) is 4.98 Å².